The Hall–Kier alpha value is -0.400. The Morgan fingerprint density at radius 3 is 2.25 bits per heavy atom. The van der Waals surface area contributed by atoms with Gasteiger partial charge in [-0.1, -0.05) is 18.2 Å². The largest absolute Gasteiger partial charge is 1.00 e. The fourth-order valence-electron chi connectivity index (χ4n) is 0.930. The van der Waals surface area contributed by atoms with Gasteiger partial charge in [0.25, 0.3) is 5.91 Å². The van der Waals surface area contributed by atoms with Gasteiger partial charge in [-0.3, -0.25) is 4.79 Å². The van der Waals surface area contributed by atoms with Crippen LogP contribution in [0.4, 0.5) is 0 Å². The summed E-state index contributed by atoms with van der Waals surface area (Å²) in [5.41, 5.74) is 0.313. The standard InChI is InChI=1S/C9H11NO4S.Na/c1-7(15(12,13)14)10-9(11)8-5-3-2-4-6-8;/h2-7H,1H3,(H,10,11)(H,12,13,14);/q;+1/p-1. The zero-order valence-electron chi connectivity index (χ0n) is 9.01. The van der Waals surface area contributed by atoms with E-state index in [2.05, 4.69) is 5.32 Å². The Bertz CT molecular complexity index is 446. The predicted octanol–water partition coefficient (Wildman–Crippen LogP) is -2.69. The van der Waals surface area contributed by atoms with Crippen molar-refractivity contribution in [3.05, 3.63) is 35.9 Å². The predicted molar refractivity (Wildman–Crippen MR) is 53.1 cm³/mol. The zero-order valence-corrected chi connectivity index (χ0v) is 11.8. The Morgan fingerprint density at radius 2 is 1.81 bits per heavy atom. The van der Waals surface area contributed by atoms with E-state index in [1.54, 1.807) is 18.2 Å². The molecule has 0 spiro atoms. The van der Waals surface area contributed by atoms with E-state index in [0.29, 0.717) is 5.56 Å². The van der Waals surface area contributed by atoms with Crippen molar-refractivity contribution >= 4 is 16.0 Å². The number of hydrogen-bond donors (Lipinski definition) is 1. The van der Waals surface area contributed by atoms with Crippen molar-refractivity contribution in [2.45, 2.75) is 12.3 Å². The monoisotopic (exact) mass is 251 g/mol. The smallest absolute Gasteiger partial charge is 0.746 e. The van der Waals surface area contributed by atoms with E-state index in [9.17, 15) is 17.8 Å². The second-order valence-corrected chi connectivity index (χ2v) is 4.67. The number of carbonyl (C=O) groups is 1. The molecule has 82 valence electrons. The van der Waals surface area contributed by atoms with Crippen LogP contribution < -0.4 is 34.9 Å². The number of carbonyl (C=O) groups excluding carboxylic acids is 1. The van der Waals surface area contributed by atoms with Gasteiger partial charge < -0.3 is 9.87 Å². The van der Waals surface area contributed by atoms with E-state index in [0.717, 1.165) is 6.92 Å². The van der Waals surface area contributed by atoms with Crippen molar-refractivity contribution in [2.24, 2.45) is 0 Å². The van der Waals surface area contributed by atoms with Gasteiger partial charge in [0.05, 0.1) is 0 Å². The first-order valence-corrected chi connectivity index (χ1v) is 5.69. The summed E-state index contributed by atoms with van der Waals surface area (Å²) in [7, 11) is -4.49. The molecular weight excluding hydrogens is 241 g/mol. The average Bonchev–Trinajstić information content (AvgIpc) is 2.17. The van der Waals surface area contributed by atoms with Crippen LogP contribution in [0.3, 0.4) is 0 Å². The van der Waals surface area contributed by atoms with Crippen molar-refractivity contribution in [2.75, 3.05) is 0 Å². The maximum Gasteiger partial charge on any atom is 1.00 e. The van der Waals surface area contributed by atoms with Crippen LogP contribution in [0.25, 0.3) is 0 Å². The number of amides is 1. The molecule has 1 atom stereocenters. The first-order valence-electron chi connectivity index (χ1n) is 4.22. The van der Waals surface area contributed by atoms with Crippen LogP contribution in [-0.4, -0.2) is 24.3 Å². The Kier molecular flexibility index (Phi) is 6.20. The molecule has 0 saturated carbocycles. The van der Waals surface area contributed by atoms with Gasteiger partial charge in [0.15, 0.2) is 0 Å². The van der Waals surface area contributed by atoms with Crippen LogP contribution in [0.2, 0.25) is 0 Å². The molecular formula is C9H10NNaO4S. The minimum Gasteiger partial charge on any atom is -0.746 e. The topological polar surface area (TPSA) is 86.3 Å². The summed E-state index contributed by atoms with van der Waals surface area (Å²) in [6, 6.07) is 8.07. The molecule has 1 aromatic carbocycles. The van der Waals surface area contributed by atoms with Crippen molar-refractivity contribution < 1.29 is 47.3 Å². The summed E-state index contributed by atoms with van der Waals surface area (Å²) in [5, 5.41) is 0.671. The number of benzene rings is 1. The van der Waals surface area contributed by atoms with Gasteiger partial charge in [0.2, 0.25) is 0 Å². The molecule has 1 unspecified atom stereocenters. The maximum atomic E-state index is 11.4. The van der Waals surface area contributed by atoms with E-state index in [-0.39, 0.29) is 29.6 Å². The Balaban J connectivity index is 0.00000225. The van der Waals surface area contributed by atoms with Gasteiger partial charge >= 0.3 is 29.6 Å². The SMILES string of the molecule is CC(NC(=O)c1ccccc1)S(=O)(=O)[O-].[Na+]. The molecule has 0 aliphatic carbocycles. The third-order valence-electron chi connectivity index (χ3n) is 1.80. The molecule has 5 nitrogen and oxygen atoms in total. The van der Waals surface area contributed by atoms with Gasteiger partial charge in [-0.15, -0.1) is 0 Å². The van der Waals surface area contributed by atoms with E-state index in [1.165, 1.54) is 12.1 Å². The van der Waals surface area contributed by atoms with Crippen LogP contribution in [0.15, 0.2) is 30.3 Å². The van der Waals surface area contributed by atoms with Crippen molar-refractivity contribution in [3.8, 4) is 0 Å². The molecule has 1 N–H and O–H groups in total. The van der Waals surface area contributed by atoms with Crippen LogP contribution >= 0.6 is 0 Å². The Labute approximate surface area is 116 Å². The van der Waals surface area contributed by atoms with E-state index in [4.69, 9.17) is 0 Å². The normalized spacial score (nSPS) is 12.4. The quantitative estimate of drug-likeness (QED) is 0.468. The summed E-state index contributed by atoms with van der Waals surface area (Å²) in [6.45, 7) is 1.13. The fourth-order valence-corrected chi connectivity index (χ4v) is 1.18. The molecule has 0 bridgehead atoms. The van der Waals surface area contributed by atoms with Crippen molar-refractivity contribution in [1.29, 1.82) is 0 Å². The summed E-state index contributed by atoms with van der Waals surface area (Å²) >= 11 is 0. The van der Waals surface area contributed by atoms with Gasteiger partial charge in [0, 0.05) is 5.56 Å². The van der Waals surface area contributed by atoms with Gasteiger partial charge in [-0.05, 0) is 19.1 Å². The molecule has 0 saturated heterocycles. The zero-order chi connectivity index (χ0) is 11.5. The molecule has 0 aliphatic heterocycles. The van der Waals surface area contributed by atoms with E-state index < -0.39 is 21.4 Å². The van der Waals surface area contributed by atoms with Crippen LogP contribution in [0.1, 0.15) is 17.3 Å². The molecule has 0 fully saturated rings. The summed E-state index contributed by atoms with van der Waals surface area (Å²) in [6.07, 6.45) is 0. The minimum atomic E-state index is -4.49. The summed E-state index contributed by atoms with van der Waals surface area (Å²) in [4.78, 5) is 11.4. The van der Waals surface area contributed by atoms with E-state index >= 15 is 0 Å². The molecule has 0 radical (unpaired) electrons. The molecule has 0 aliphatic rings. The summed E-state index contributed by atoms with van der Waals surface area (Å²) < 4.78 is 31.6. The van der Waals surface area contributed by atoms with Crippen LogP contribution in [-0.2, 0) is 10.1 Å². The molecule has 0 heterocycles. The molecule has 1 aromatic rings. The maximum absolute atomic E-state index is 11.4. The third-order valence-corrected chi connectivity index (χ3v) is 2.79. The van der Waals surface area contributed by atoms with Gasteiger partial charge in [-0.25, -0.2) is 8.42 Å². The number of rotatable bonds is 3. The first kappa shape index (κ1) is 15.6. The van der Waals surface area contributed by atoms with Crippen LogP contribution in [0.5, 0.6) is 0 Å². The average molecular weight is 251 g/mol. The Morgan fingerprint density at radius 1 is 1.31 bits per heavy atom. The first-order chi connectivity index (χ1) is 6.91. The third kappa shape index (κ3) is 4.63. The van der Waals surface area contributed by atoms with E-state index in [1.807, 2.05) is 0 Å². The minimum absolute atomic E-state index is 0. The fraction of sp³-hybridized carbons (Fsp3) is 0.222. The van der Waals surface area contributed by atoms with Crippen LogP contribution in [0, 0.1) is 0 Å². The molecule has 16 heavy (non-hydrogen) atoms. The molecule has 1 amide bonds. The molecule has 7 heteroatoms. The molecule has 1 rings (SSSR count). The van der Waals surface area contributed by atoms with Gasteiger partial charge in [0.1, 0.15) is 15.5 Å². The second kappa shape index (κ2) is 6.36. The van der Waals surface area contributed by atoms with Crippen molar-refractivity contribution in [1.82, 2.24) is 5.32 Å². The molecule has 0 aromatic heterocycles. The number of hydrogen-bond acceptors (Lipinski definition) is 4. The number of nitrogens with one attached hydrogen (secondary N) is 1. The van der Waals surface area contributed by atoms with Crippen molar-refractivity contribution in [3.63, 3.8) is 0 Å². The second-order valence-electron chi connectivity index (χ2n) is 2.97. The van der Waals surface area contributed by atoms with Gasteiger partial charge in [-0.2, -0.15) is 0 Å². The summed E-state index contributed by atoms with van der Waals surface area (Å²) in [5.74, 6) is -0.581.